The molecule has 8 heteroatoms. The quantitative estimate of drug-likeness (QED) is 0.508. The van der Waals surface area contributed by atoms with Crippen LogP contribution in [0.5, 0.6) is 0 Å². The molecule has 130 valence electrons. The van der Waals surface area contributed by atoms with Gasteiger partial charge >= 0.3 is 0 Å². The lowest BCUT2D eigenvalue weighted by molar-refractivity contribution is 0.786. The molecule has 0 saturated carbocycles. The second kappa shape index (κ2) is 6.82. The Balaban J connectivity index is 1.76. The van der Waals surface area contributed by atoms with Gasteiger partial charge in [0, 0.05) is 28.5 Å². The van der Waals surface area contributed by atoms with Crippen molar-refractivity contribution in [1.82, 2.24) is 19.7 Å². The average Bonchev–Trinajstić information content (AvgIpc) is 2.97. The summed E-state index contributed by atoms with van der Waals surface area (Å²) >= 11 is 12.1. The van der Waals surface area contributed by atoms with Crippen molar-refractivity contribution in [3.63, 3.8) is 0 Å². The van der Waals surface area contributed by atoms with Crippen LogP contribution in [0.2, 0.25) is 10.0 Å². The number of nitrogens with one attached hydrogen (secondary N) is 2. The molecule has 0 amide bonds. The summed E-state index contributed by atoms with van der Waals surface area (Å²) in [5.41, 5.74) is 2.33. The molecule has 0 fully saturated rings. The summed E-state index contributed by atoms with van der Waals surface area (Å²) in [5.74, 6) is 1.07. The Morgan fingerprint density at radius 3 is 2.19 bits per heavy atom. The van der Waals surface area contributed by atoms with Crippen LogP contribution < -0.4 is 10.6 Å². The summed E-state index contributed by atoms with van der Waals surface area (Å²) in [6.07, 6.45) is 1.73. The van der Waals surface area contributed by atoms with E-state index in [1.165, 1.54) is 0 Å². The zero-order valence-electron chi connectivity index (χ0n) is 13.7. The van der Waals surface area contributed by atoms with Crippen molar-refractivity contribution in [3.05, 3.63) is 64.8 Å². The molecular weight excluding hydrogens is 371 g/mol. The first kappa shape index (κ1) is 16.6. The average molecular weight is 385 g/mol. The highest BCUT2D eigenvalue weighted by Crippen LogP contribution is 2.27. The van der Waals surface area contributed by atoms with E-state index < -0.39 is 0 Å². The number of aryl methyl sites for hydroxylation is 1. The lowest BCUT2D eigenvalue weighted by Crippen LogP contribution is -2.03. The Hall–Kier alpha value is -2.83. The first-order valence-corrected chi connectivity index (χ1v) is 8.59. The summed E-state index contributed by atoms with van der Waals surface area (Å²) in [7, 11) is 1.83. The third-order valence-corrected chi connectivity index (χ3v) is 4.23. The largest absolute Gasteiger partial charge is 0.339 e. The molecule has 4 rings (SSSR count). The molecule has 0 bridgehead atoms. The van der Waals surface area contributed by atoms with Crippen LogP contribution in [0.4, 0.5) is 23.1 Å². The molecule has 0 aliphatic carbocycles. The van der Waals surface area contributed by atoms with E-state index >= 15 is 0 Å². The highest BCUT2D eigenvalue weighted by molar-refractivity contribution is 6.31. The number of hydrogen-bond donors (Lipinski definition) is 2. The Kier molecular flexibility index (Phi) is 4.36. The highest BCUT2D eigenvalue weighted by Gasteiger charge is 2.12. The number of halogens is 2. The maximum Gasteiger partial charge on any atom is 0.231 e. The SMILES string of the molecule is Cn1ncc2c(Nc3cccc(Cl)c3)nc(Nc3cccc(Cl)c3)nc21. The summed E-state index contributed by atoms with van der Waals surface area (Å²) in [4.78, 5) is 9.14. The Labute approximate surface area is 159 Å². The van der Waals surface area contributed by atoms with E-state index in [-0.39, 0.29) is 0 Å². The van der Waals surface area contributed by atoms with Crippen LogP contribution in [0.1, 0.15) is 0 Å². The molecule has 0 spiro atoms. The van der Waals surface area contributed by atoms with Crippen LogP contribution >= 0.6 is 23.2 Å². The van der Waals surface area contributed by atoms with E-state index in [4.69, 9.17) is 23.2 Å². The molecule has 0 aliphatic heterocycles. The topological polar surface area (TPSA) is 67.7 Å². The smallest absolute Gasteiger partial charge is 0.231 e. The molecule has 6 nitrogen and oxygen atoms in total. The maximum atomic E-state index is 6.07. The van der Waals surface area contributed by atoms with Crippen molar-refractivity contribution in [3.8, 4) is 0 Å². The maximum absolute atomic E-state index is 6.07. The second-order valence-electron chi connectivity index (χ2n) is 5.67. The Morgan fingerprint density at radius 1 is 0.885 bits per heavy atom. The third kappa shape index (κ3) is 3.42. The molecule has 2 N–H and O–H groups in total. The van der Waals surface area contributed by atoms with Gasteiger partial charge in [0.1, 0.15) is 5.82 Å². The number of fused-ring (bicyclic) bond motifs is 1. The number of nitrogens with zero attached hydrogens (tertiary/aromatic N) is 4. The first-order chi connectivity index (χ1) is 12.6. The monoisotopic (exact) mass is 384 g/mol. The van der Waals surface area contributed by atoms with Crippen molar-refractivity contribution >= 4 is 57.4 Å². The summed E-state index contributed by atoms with van der Waals surface area (Å²) in [6, 6.07) is 14.8. The summed E-state index contributed by atoms with van der Waals surface area (Å²) in [6.45, 7) is 0. The van der Waals surface area contributed by atoms with E-state index in [9.17, 15) is 0 Å². The Bertz CT molecular complexity index is 1090. The van der Waals surface area contributed by atoms with Crippen LogP contribution in [0, 0.1) is 0 Å². The fraction of sp³-hybridized carbons (Fsp3) is 0.0556. The van der Waals surface area contributed by atoms with Gasteiger partial charge in [0.2, 0.25) is 5.95 Å². The molecule has 2 heterocycles. The molecule has 26 heavy (non-hydrogen) atoms. The van der Waals surface area contributed by atoms with Crippen LogP contribution in [0.15, 0.2) is 54.7 Å². The standard InChI is InChI=1S/C18H14Cl2N6/c1-26-17-15(10-21-26)16(22-13-6-2-4-11(19)8-13)24-18(25-17)23-14-7-3-5-12(20)9-14/h2-10H,1H3,(H2,22,23,24,25). The van der Waals surface area contributed by atoms with Crippen molar-refractivity contribution in [2.24, 2.45) is 7.05 Å². The predicted octanol–water partition coefficient (Wildman–Crippen LogP) is 5.16. The summed E-state index contributed by atoms with van der Waals surface area (Å²) < 4.78 is 1.70. The molecule has 0 saturated heterocycles. The number of aromatic nitrogens is 4. The van der Waals surface area contributed by atoms with E-state index in [1.54, 1.807) is 10.9 Å². The van der Waals surface area contributed by atoms with Gasteiger partial charge in [-0.15, -0.1) is 0 Å². The lowest BCUT2D eigenvalue weighted by Gasteiger charge is -2.11. The van der Waals surface area contributed by atoms with Gasteiger partial charge in [0.05, 0.1) is 11.6 Å². The van der Waals surface area contributed by atoms with Crippen LogP contribution in [-0.2, 0) is 7.05 Å². The number of anilines is 4. The van der Waals surface area contributed by atoms with Gasteiger partial charge in [0.25, 0.3) is 0 Å². The number of hydrogen-bond acceptors (Lipinski definition) is 5. The van der Waals surface area contributed by atoms with Crippen LogP contribution in [-0.4, -0.2) is 19.7 Å². The van der Waals surface area contributed by atoms with Crippen molar-refractivity contribution in [2.45, 2.75) is 0 Å². The Morgan fingerprint density at radius 2 is 1.54 bits per heavy atom. The molecule has 0 unspecified atom stereocenters. The number of benzene rings is 2. The van der Waals surface area contributed by atoms with Gasteiger partial charge in [-0.1, -0.05) is 35.3 Å². The summed E-state index contributed by atoms with van der Waals surface area (Å²) in [5, 5.41) is 12.8. The predicted molar refractivity (Wildman–Crippen MR) is 106 cm³/mol. The van der Waals surface area contributed by atoms with Gasteiger partial charge < -0.3 is 10.6 Å². The first-order valence-electron chi connectivity index (χ1n) is 7.83. The normalized spacial score (nSPS) is 10.9. The van der Waals surface area contributed by atoms with Crippen molar-refractivity contribution < 1.29 is 0 Å². The van der Waals surface area contributed by atoms with E-state index in [0.29, 0.717) is 27.5 Å². The molecule has 2 aromatic heterocycles. The van der Waals surface area contributed by atoms with Gasteiger partial charge in [-0.25, -0.2) is 0 Å². The van der Waals surface area contributed by atoms with Crippen molar-refractivity contribution in [1.29, 1.82) is 0 Å². The minimum absolute atomic E-state index is 0.438. The fourth-order valence-electron chi connectivity index (χ4n) is 2.57. The molecule has 0 aliphatic rings. The minimum atomic E-state index is 0.438. The van der Waals surface area contributed by atoms with Crippen LogP contribution in [0.25, 0.3) is 11.0 Å². The number of rotatable bonds is 4. The van der Waals surface area contributed by atoms with E-state index in [0.717, 1.165) is 16.8 Å². The molecule has 2 aromatic carbocycles. The van der Waals surface area contributed by atoms with Crippen molar-refractivity contribution in [2.75, 3.05) is 10.6 Å². The van der Waals surface area contributed by atoms with Gasteiger partial charge in [-0.2, -0.15) is 15.1 Å². The van der Waals surface area contributed by atoms with E-state index in [1.807, 2.05) is 55.6 Å². The highest BCUT2D eigenvalue weighted by atomic mass is 35.5. The molecule has 0 radical (unpaired) electrons. The van der Waals surface area contributed by atoms with Gasteiger partial charge in [-0.05, 0) is 36.4 Å². The molecular formula is C18H14Cl2N6. The zero-order chi connectivity index (χ0) is 18.1. The van der Waals surface area contributed by atoms with Gasteiger partial charge in [-0.3, -0.25) is 4.68 Å². The fourth-order valence-corrected chi connectivity index (χ4v) is 2.95. The second-order valence-corrected chi connectivity index (χ2v) is 6.54. The molecule has 0 atom stereocenters. The van der Waals surface area contributed by atoms with E-state index in [2.05, 4.69) is 25.7 Å². The zero-order valence-corrected chi connectivity index (χ0v) is 15.3. The lowest BCUT2D eigenvalue weighted by atomic mass is 10.3. The molecule has 4 aromatic rings. The van der Waals surface area contributed by atoms with Crippen LogP contribution in [0.3, 0.4) is 0 Å². The minimum Gasteiger partial charge on any atom is -0.339 e. The third-order valence-electron chi connectivity index (χ3n) is 3.76. The van der Waals surface area contributed by atoms with Gasteiger partial charge in [0.15, 0.2) is 5.65 Å².